The van der Waals surface area contributed by atoms with Gasteiger partial charge in [-0.1, -0.05) is 41.4 Å². The van der Waals surface area contributed by atoms with Crippen LogP contribution in [-0.2, 0) is 6.54 Å². The highest BCUT2D eigenvalue weighted by atomic mass is 35.5. The van der Waals surface area contributed by atoms with Gasteiger partial charge in [-0.05, 0) is 63.0 Å². The van der Waals surface area contributed by atoms with Crippen LogP contribution in [-0.4, -0.2) is 57.9 Å². The molecule has 2 aliphatic heterocycles. The van der Waals surface area contributed by atoms with Crippen LogP contribution in [0.25, 0.3) is 11.3 Å². The number of likely N-dealkylation sites (tertiary alicyclic amines) is 2. The number of aromatic nitrogens is 2. The summed E-state index contributed by atoms with van der Waals surface area (Å²) < 4.78 is 0. The van der Waals surface area contributed by atoms with Gasteiger partial charge < -0.3 is 20.9 Å². The third-order valence-corrected chi connectivity index (χ3v) is 7.74. The van der Waals surface area contributed by atoms with E-state index in [-0.39, 0.29) is 11.7 Å². The van der Waals surface area contributed by atoms with Gasteiger partial charge >= 0.3 is 0 Å². The normalized spacial score (nSPS) is 18.1. The van der Waals surface area contributed by atoms with Crippen LogP contribution in [0.5, 0.6) is 0 Å². The van der Waals surface area contributed by atoms with Crippen molar-refractivity contribution in [2.45, 2.75) is 38.3 Å². The molecule has 188 valence electrons. The minimum Gasteiger partial charge on any atom is -0.381 e. The van der Waals surface area contributed by atoms with Gasteiger partial charge in [0.2, 0.25) is 0 Å². The Morgan fingerprint density at radius 2 is 1.75 bits per heavy atom. The minimum atomic E-state index is 0.102. The van der Waals surface area contributed by atoms with Crippen molar-refractivity contribution in [2.75, 3.05) is 37.2 Å². The van der Waals surface area contributed by atoms with Crippen LogP contribution in [0.4, 0.5) is 11.6 Å². The van der Waals surface area contributed by atoms with E-state index in [0.29, 0.717) is 39.7 Å². The van der Waals surface area contributed by atoms with Crippen molar-refractivity contribution in [1.82, 2.24) is 19.8 Å². The molecule has 0 unspecified atom stereocenters. The first-order chi connectivity index (χ1) is 17.5. The van der Waals surface area contributed by atoms with Gasteiger partial charge in [0.15, 0.2) is 11.6 Å². The third-order valence-electron chi connectivity index (χ3n) is 7.03. The smallest absolute Gasteiger partial charge is 0.254 e. The number of hydrogen-bond acceptors (Lipinski definition) is 6. The lowest BCUT2D eigenvalue weighted by atomic mass is 10.1. The van der Waals surface area contributed by atoms with E-state index in [9.17, 15) is 4.79 Å². The lowest BCUT2D eigenvalue weighted by Crippen LogP contribution is -2.42. The Kier molecular flexibility index (Phi) is 7.60. The summed E-state index contributed by atoms with van der Waals surface area (Å²) in [6.45, 7) is 4.48. The van der Waals surface area contributed by atoms with Crippen LogP contribution >= 0.6 is 23.2 Å². The van der Waals surface area contributed by atoms with Crippen LogP contribution in [0.2, 0.25) is 10.0 Å². The molecule has 5 rings (SSSR count). The van der Waals surface area contributed by atoms with Gasteiger partial charge in [0.05, 0.1) is 11.9 Å². The van der Waals surface area contributed by atoms with Crippen molar-refractivity contribution in [3.8, 4) is 11.3 Å². The first kappa shape index (κ1) is 24.8. The highest BCUT2D eigenvalue weighted by Gasteiger charge is 2.31. The fourth-order valence-corrected chi connectivity index (χ4v) is 5.58. The molecule has 36 heavy (non-hydrogen) atoms. The molecular formula is C27H30Cl2N6O. The molecule has 3 heterocycles. The summed E-state index contributed by atoms with van der Waals surface area (Å²) in [7, 11) is 0. The van der Waals surface area contributed by atoms with E-state index < -0.39 is 0 Å². The standard InChI is InChI=1S/C27H30Cl2N6O/c28-22-6-3-7-23(29)21(22)15-32-26-25(30)31-16-24(33-26)18-8-10-19(11-9-18)27(36)35-14-4-5-20(35)17-34-12-1-2-13-34/h3,6-11,16,20H,1-2,4-5,12-15,17H2,(H2,30,31)(H,32,33)/t20-/m1/s1. The molecule has 2 fully saturated rings. The number of hydrogen-bond donors (Lipinski definition) is 2. The van der Waals surface area contributed by atoms with Crippen molar-refractivity contribution < 1.29 is 4.79 Å². The van der Waals surface area contributed by atoms with Gasteiger partial charge in [0.1, 0.15) is 0 Å². The van der Waals surface area contributed by atoms with Gasteiger partial charge in [-0.3, -0.25) is 4.79 Å². The van der Waals surface area contributed by atoms with E-state index in [1.807, 2.05) is 24.3 Å². The molecule has 3 N–H and O–H groups in total. The lowest BCUT2D eigenvalue weighted by molar-refractivity contribution is 0.0709. The molecule has 0 bridgehead atoms. The second-order valence-corrected chi connectivity index (χ2v) is 10.2. The van der Waals surface area contributed by atoms with Crippen molar-refractivity contribution in [3.05, 3.63) is 69.8 Å². The lowest BCUT2D eigenvalue weighted by Gasteiger charge is -2.28. The maximum absolute atomic E-state index is 13.3. The summed E-state index contributed by atoms with van der Waals surface area (Å²) in [4.78, 5) is 26.8. The van der Waals surface area contributed by atoms with E-state index in [4.69, 9.17) is 28.9 Å². The molecule has 3 aromatic rings. The number of nitrogens with two attached hydrogens (primary N) is 1. The molecule has 7 nitrogen and oxygen atoms in total. The number of carbonyl (C=O) groups excluding carboxylic acids is 1. The zero-order chi connectivity index (χ0) is 25.1. The summed E-state index contributed by atoms with van der Waals surface area (Å²) in [5.74, 6) is 0.836. The number of nitrogens with one attached hydrogen (secondary N) is 1. The van der Waals surface area contributed by atoms with Crippen LogP contribution < -0.4 is 11.1 Å². The number of carbonyl (C=O) groups is 1. The average Bonchev–Trinajstić information content (AvgIpc) is 3.57. The van der Waals surface area contributed by atoms with E-state index in [1.54, 1.807) is 24.4 Å². The molecule has 0 aliphatic carbocycles. The SMILES string of the molecule is Nc1ncc(-c2ccc(C(=O)N3CCC[C@@H]3CN3CCCC3)cc2)nc1NCc1c(Cl)cccc1Cl. The predicted octanol–water partition coefficient (Wildman–Crippen LogP) is 5.35. The Balaban J connectivity index is 1.28. The quantitative estimate of drug-likeness (QED) is 0.433. The van der Waals surface area contributed by atoms with Crippen LogP contribution in [0, 0.1) is 0 Å². The molecule has 1 atom stereocenters. The van der Waals surface area contributed by atoms with Crippen LogP contribution in [0.3, 0.4) is 0 Å². The van der Waals surface area contributed by atoms with E-state index >= 15 is 0 Å². The number of amides is 1. The summed E-state index contributed by atoms with van der Waals surface area (Å²) in [5.41, 5.74) is 9.03. The molecular weight excluding hydrogens is 495 g/mol. The molecule has 2 aromatic carbocycles. The zero-order valence-corrected chi connectivity index (χ0v) is 21.6. The largest absolute Gasteiger partial charge is 0.381 e. The third kappa shape index (κ3) is 5.43. The summed E-state index contributed by atoms with van der Waals surface area (Å²) >= 11 is 12.6. The number of halogens is 2. The molecule has 2 aliphatic rings. The number of nitrogens with zero attached hydrogens (tertiary/aromatic N) is 4. The maximum atomic E-state index is 13.3. The number of anilines is 2. The highest BCUT2D eigenvalue weighted by molar-refractivity contribution is 6.36. The van der Waals surface area contributed by atoms with Crippen molar-refractivity contribution in [1.29, 1.82) is 0 Å². The number of benzene rings is 2. The van der Waals surface area contributed by atoms with Gasteiger partial charge in [-0.25, -0.2) is 9.97 Å². The molecule has 9 heteroatoms. The molecule has 0 saturated carbocycles. The molecule has 1 aromatic heterocycles. The van der Waals surface area contributed by atoms with Gasteiger partial charge in [0.25, 0.3) is 5.91 Å². The van der Waals surface area contributed by atoms with E-state index in [1.165, 1.54) is 12.8 Å². The molecule has 0 radical (unpaired) electrons. The zero-order valence-electron chi connectivity index (χ0n) is 20.1. The summed E-state index contributed by atoms with van der Waals surface area (Å²) in [6.07, 6.45) is 6.31. The Labute approximate surface area is 221 Å². The average molecular weight is 525 g/mol. The highest BCUT2D eigenvalue weighted by Crippen LogP contribution is 2.28. The van der Waals surface area contributed by atoms with Crippen LogP contribution in [0.1, 0.15) is 41.6 Å². The van der Waals surface area contributed by atoms with Crippen LogP contribution in [0.15, 0.2) is 48.7 Å². The first-order valence-corrected chi connectivity index (χ1v) is 13.2. The Hall–Kier alpha value is -2.87. The molecule has 1 amide bonds. The Bertz CT molecular complexity index is 1210. The fourth-order valence-electron chi connectivity index (χ4n) is 5.05. The monoisotopic (exact) mass is 524 g/mol. The predicted molar refractivity (Wildman–Crippen MR) is 145 cm³/mol. The number of nitrogen functional groups attached to an aromatic ring is 1. The van der Waals surface area contributed by atoms with Gasteiger partial charge in [-0.2, -0.15) is 0 Å². The van der Waals surface area contributed by atoms with Gasteiger partial charge in [-0.15, -0.1) is 0 Å². The maximum Gasteiger partial charge on any atom is 0.254 e. The molecule has 0 spiro atoms. The van der Waals surface area contributed by atoms with Crippen molar-refractivity contribution >= 4 is 40.7 Å². The van der Waals surface area contributed by atoms with E-state index in [2.05, 4.69) is 25.1 Å². The number of rotatable bonds is 7. The summed E-state index contributed by atoms with van der Waals surface area (Å²) in [6, 6.07) is 13.2. The Morgan fingerprint density at radius 3 is 2.47 bits per heavy atom. The first-order valence-electron chi connectivity index (χ1n) is 12.4. The second kappa shape index (κ2) is 11.0. The topological polar surface area (TPSA) is 87.4 Å². The van der Waals surface area contributed by atoms with Crippen molar-refractivity contribution in [2.24, 2.45) is 0 Å². The van der Waals surface area contributed by atoms with E-state index in [0.717, 1.165) is 50.1 Å². The molecule has 2 saturated heterocycles. The summed E-state index contributed by atoms with van der Waals surface area (Å²) in [5, 5.41) is 4.33. The fraction of sp³-hybridized carbons (Fsp3) is 0.370. The second-order valence-electron chi connectivity index (χ2n) is 9.42. The van der Waals surface area contributed by atoms with Crippen molar-refractivity contribution in [3.63, 3.8) is 0 Å². The minimum absolute atomic E-state index is 0.102. The Morgan fingerprint density at radius 1 is 1.03 bits per heavy atom. The van der Waals surface area contributed by atoms with Gasteiger partial charge in [0, 0.05) is 52.4 Å².